The molecule has 0 aliphatic carbocycles. The van der Waals surface area contributed by atoms with Gasteiger partial charge in [-0.15, -0.1) is 0 Å². The third-order valence-electron chi connectivity index (χ3n) is 3.39. The predicted molar refractivity (Wildman–Crippen MR) is 91.5 cm³/mol. The molecule has 0 fully saturated rings. The van der Waals surface area contributed by atoms with Crippen LogP contribution in [0.25, 0.3) is 10.9 Å². The summed E-state index contributed by atoms with van der Waals surface area (Å²) in [6.45, 7) is 10.9. The maximum Gasteiger partial charge on any atom is 0.0483 e. The molecule has 0 atom stereocenters. The van der Waals surface area contributed by atoms with Crippen molar-refractivity contribution in [2.24, 2.45) is 0 Å². The largest absolute Gasteiger partial charge is 0.347 e. The summed E-state index contributed by atoms with van der Waals surface area (Å²) in [5.74, 6) is 2.38. The molecule has 20 heavy (non-hydrogen) atoms. The fourth-order valence-electron chi connectivity index (χ4n) is 2.30. The van der Waals surface area contributed by atoms with Gasteiger partial charge in [0.2, 0.25) is 0 Å². The van der Waals surface area contributed by atoms with Crippen molar-refractivity contribution in [1.82, 2.24) is 9.88 Å². The van der Waals surface area contributed by atoms with E-state index in [1.165, 1.54) is 28.0 Å². The molecule has 0 bridgehead atoms. The van der Waals surface area contributed by atoms with Gasteiger partial charge < -0.3 is 9.88 Å². The van der Waals surface area contributed by atoms with Gasteiger partial charge in [-0.05, 0) is 44.2 Å². The zero-order valence-corrected chi connectivity index (χ0v) is 13.9. The number of aryl methyl sites for hydroxylation is 1. The maximum absolute atomic E-state index is 3.58. The quantitative estimate of drug-likeness (QED) is 0.800. The fourth-order valence-corrected chi connectivity index (χ4v) is 2.92. The van der Waals surface area contributed by atoms with Crippen molar-refractivity contribution in [3.05, 3.63) is 36.0 Å². The van der Waals surface area contributed by atoms with Crippen molar-refractivity contribution in [3.63, 3.8) is 0 Å². The van der Waals surface area contributed by atoms with Crippen LogP contribution in [-0.2, 0) is 13.1 Å². The summed E-state index contributed by atoms with van der Waals surface area (Å²) in [5, 5.41) is 4.96. The van der Waals surface area contributed by atoms with Crippen LogP contribution in [0.15, 0.2) is 30.5 Å². The number of benzene rings is 1. The highest BCUT2D eigenvalue weighted by molar-refractivity contribution is 7.99. The van der Waals surface area contributed by atoms with Gasteiger partial charge in [-0.3, -0.25) is 0 Å². The lowest BCUT2D eigenvalue weighted by Gasteiger charge is -2.21. The van der Waals surface area contributed by atoms with Crippen LogP contribution in [0.4, 0.5) is 0 Å². The number of thioether (sulfide) groups is 1. The third kappa shape index (κ3) is 4.03. The van der Waals surface area contributed by atoms with Crippen LogP contribution in [0.2, 0.25) is 0 Å². The molecule has 2 aromatic rings. The molecular weight excluding hydrogens is 264 g/mol. The van der Waals surface area contributed by atoms with Crippen molar-refractivity contribution in [1.29, 1.82) is 0 Å². The molecule has 1 aromatic heterocycles. The van der Waals surface area contributed by atoms with Crippen LogP contribution in [-0.4, -0.2) is 21.6 Å². The van der Waals surface area contributed by atoms with Crippen LogP contribution in [0.1, 0.15) is 33.3 Å². The van der Waals surface area contributed by atoms with Gasteiger partial charge in [0.1, 0.15) is 0 Å². The van der Waals surface area contributed by atoms with Crippen LogP contribution in [0, 0.1) is 0 Å². The molecule has 0 saturated carbocycles. The molecule has 0 radical (unpaired) electrons. The SMILES string of the molecule is CCSCCn1ccc2c(CNC(C)(C)C)cccc21. The summed E-state index contributed by atoms with van der Waals surface area (Å²) in [6, 6.07) is 8.88. The highest BCUT2D eigenvalue weighted by Crippen LogP contribution is 2.21. The molecule has 0 saturated heterocycles. The molecule has 110 valence electrons. The van der Waals surface area contributed by atoms with Gasteiger partial charge in [0, 0.05) is 41.5 Å². The van der Waals surface area contributed by atoms with Crippen LogP contribution < -0.4 is 5.32 Å². The van der Waals surface area contributed by atoms with Gasteiger partial charge >= 0.3 is 0 Å². The average Bonchev–Trinajstić information content (AvgIpc) is 2.80. The van der Waals surface area contributed by atoms with Gasteiger partial charge in [-0.2, -0.15) is 11.8 Å². The monoisotopic (exact) mass is 290 g/mol. The minimum Gasteiger partial charge on any atom is -0.347 e. The van der Waals surface area contributed by atoms with Crippen molar-refractivity contribution in [3.8, 4) is 0 Å². The Morgan fingerprint density at radius 3 is 2.70 bits per heavy atom. The first-order valence-electron chi connectivity index (χ1n) is 7.41. The zero-order chi connectivity index (χ0) is 14.6. The minimum atomic E-state index is 0.155. The highest BCUT2D eigenvalue weighted by atomic mass is 32.2. The lowest BCUT2D eigenvalue weighted by molar-refractivity contribution is 0.425. The fraction of sp³-hybridized carbons (Fsp3) is 0.529. The Hall–Kier alpha value is -0.930. The molecule has 3 heteroatoms. The van der Waals surface area contributed by atoms with E-state index in [2.05, 4.69) is 68.0 Å². The lowest BCUT2D eigenvalue weighted by atomic mass is 10.1. The highest BCUT2D eigenvalue weighted by Gasteiger charge is 2.10. The van der Waals surface area contributed by atoms with E-state index < -0.39 is 0 Å². The lowest BCUT2D eigenvalue weighted by Crippen LogP contribution is -2.35. The molecule has 1 N–H and O–H groups in total. The van der Waals surface area contributed by atoms with Gasteiger partial charge in [0.25, 0.3) is 0 Å². The van der Waals surface area contributed by atoms with E-state index in [1.807, 2.05) is 11.8 Å². The topological polar surface area (TPSA) is 17.0 Å². The summed E-state index contributed by atoms with van der Waals surface area (Å²) < 4.78 is 2.37. The van der Waals surface area contributed by atoms with Crippen molar-refractivity contribution < 1.29 is 0 Å². The van der Waals surface area contributed by atoms with E-state index in [1.54, 1.807) is 0 Å². The van der Waals surface area contributed by atoms with Gasteiger partial charge in [0.05, 0.1) is 0 Å². The average molecular weight is 290 g/mol. The van der Waals surface area contributed by atoms with Crippen molar-refractivity contribution in [2.45, 2.75) is 46.3 Å². The summed E-state index contributed by atoms with van der Waals surface area (Å²) in [5.41, 5.74) is 2.90. The van der Waals surface area contributed by atoms with Gasteiger partial charge in [-0.25, -0.2) is 0 Å². The van der Waals surface area contributed by atoms with Gasteiger partial charge in [0.15, 0.2) is 0 Å². The van der Waals surface area contributed by atoms with Crippen molar-refractivity contribution in [2.75, 3.05) is 11.5 Å². The first-order valence-corrected chi connectivity index (χ1v) is 8.56. The third-order valence-corrected chi connectivity index (χ3v) is 4.27. The Morgan fingerprint density at radius 2 is 2.00 bits per heavy atom. The number of hydrogen-bond acceptors (Lipinski definition) is 2. The maximum atomic E-state index is 3.58. The smallest absolute Gasteiger partial charge is 0.0483 e. The molecule has 2 rings (SSSR count). The molecule has 1 aromatic carbocycles. The molecule has 0 unspecified atom stereocenters. The first-order chi connectivity index (χ1) is 9.51. The normalized spacial score (nSPS) is 12.2. The second-order valence-electron chi connectivity index (χ2n) is 6.16. The molecule has 0 aliphatic rings. The summed E-state index contributed by atoms with van der Waals surface area (Å²) in [6.07, 6.45) is 2.22. The molecule has 0 amide bonds. The summed E-state index contributed by atoms with van der Waals surface area (Å²) in [7, 11) is 0. The van der Waals surface area contributed by atoms with E-state index in [0.29, 0.717) is 0 Å². The van der Waals surface area contributed by atoms with E-state index in [-0.39, 0.29) is 5.54 Å². The minimum absolute atomic E-state index is 0.155. The molecule has 0 spiro atoms. The number of aromatic nitrogens is 1. The Labute approximate surface area is 126 Å². The van der Waals surface area contributed by atoms with E-state index >= 15 is 0 Å². The second-order valence-corrected chi connectivity index (χ2v) is 7.55. The van der Waals surface area contributed by atoms with Crippen LogP contribution in [0.5, 0.6) is 0 Å². The Balaban J connectivity index is 2.17. The Morgan fingerprint density at radius 1 is 1.20 bits per heavy atom. The van der Waals surface area contributed by atoms with E-state index in [9.17, 15) is 0 Å². The van der Waals surface area contributed by atoms with Crippen LogP contribution >= 0.6 is 11.8 Å². The summed E-state index contributed by atoms with van der Waals surface area (Å²) in [4.78, 5) is 0. The standard InChI is InChI=1S/C17H26N2S/c1-5-20-12-11-19-10-9-15-14(7-6-8-16(15)19)13-18-17(2,3)4/h6-10,18H,5,11-13H2,1-4H3. The Bertz CT molecular complexity index is 552. The van der Waals surface area contributed by atoms with Crippen LogP contribution in [0.3, 0.4) is 0 Å². The number of nitrogens with one attached hydrogen (secondary N) is 1. The number of rotatable bonds is 6. The molecule has 1 heterocycles. The first kappa shape index (κ1) is 15.5. The van der Waals surface area contributed by atoms with E-state index in [0.717, 1.165) is 13.1 Å². The number of fused-ring (bicyclic) bond motifs is 1. The zero-order valence-electron chi connectivity index (χ0n) is 13.1. The summed E-state index contributed by atoms with van der Waals surface area (Å²) >= 11 is 2.00. The van der Waals surface area contributed by atoms with E-state index in [4.69, 9.17) is 0 Å². The predicted octanol–water partition coefficient (Wildman–Crippen LogP) is 4.28. The Kier molecular flexibility index (Phi) is 5.17. The van der Waals surface area contributed by atoms with Gasteiger partial charge in [-0.1, -0.05) is 19.1 Å². The second kappa shape index (κ2) is 6.68. The molecular formula is C17H26N2S. The number of hydrogen-bond donors (Lipinski definition) is 1. The van der Waals surface area contributed by atoms with Crippen molar-refractivity contribution >= 4 is 22.7 Å². The molecule has 0 aliphatic heterocycles. The molecule has 2 nitrogen and oxygen atoms in total. The number of nitrogens with zero attached hydrogens (tertiary/aromatic N) is 1.